The quantitative estimate of drug-likeness (QED) is 0.642. The van der Waals surface area contributed by atoms with Crippen molar-refractivity contribution in [1.29, 1.82) is 0 Å². The standard InChI is InChI=1S/C2H4.CH4N2O.Pt/c1-2;2-1(3)4;/h1-2H2;(H4,2,3,4);. The topological polar surface area (TPSA) is 69.1 Å². The van der Waals surface area contributed by atoms with Crippen LogP contribution in [0.15, 0.2) is 0 Å². The van der Waals surface area contributed by atoms with Gasteiger partial charge in [-0.25, -0.2) is 4.79 Å². The van der Waals surface area contributed by atoms with Crippen molar-refractivity contribution < 1.29 is 23.4 Å². The number of primary amides is 2. The van der Waals surface area contributed by atoms with Crippen LogP contribution in [0, 0.1) is 0 Å². The molecule has 1 saturated heterocycles. The Morgan fingerprint density at radius 1 is 1.43 bits per heavy atom. The molecule has 1 fully saturated rings. The molecule has 0 aromatic heterocycles. The number of carbonyl (C=O) groups excluding carboxylic acids is 1. The third-order valence-corrected chi connectivity index (χ3v) is 1.29. The predicted molar refractivity (Wildman–Crippen MR) is 23.4 cm³/mol. The Labute approximate surface area is 51.0 Å². The Kier molecular flexibility index (Phi) is 4.10. The molecule has 0 unspecified atom stereocenters. The first-order valence-corrected chi connectivity index (χ1v) is 4.94. The van der Waals surface area contributed by atoms with Gasteiger partial charge in [0.2, 0.25) is 0 Å². The van der Waals surface area contributed by atoms with Crippen molar-refractivity contribution in [2.75, 3.05) is 0 Å². The number of carbonyl (C=O) groups is 1. The molecule has 4 N–H and O–H groups in total. The van der Waals surface area contributed by atoms with E-state index in [9.17, 15) is 0 Å². The molecular weight excluding hydrogens is 275 g/mol. The van der Waals surface area contributed by atoms with Crippen molar-refractivity contribution >= 4 is 6.03 Å². The van der Waals surface area contributed by atoms with Crippen molar-refractivity contribution in [3.8, 4) is 0 Å². The van der Waals surface area contributed by atoms with Gasteiger partial charge >= 0.3 is 34.2 Å². The van der Waals surface area contributed by atoms with E-state index in [1.807, 2.05) is 0 Å². The van der Waals surface area contributed by atoms with Crippen molar-refractivity contribution in [3.63, 3.8) is 0 Å². The zero-order valence-corrected chi connectivity index (χ0v) is 6.07. The summed E-state index contributed by atoms with van der Waals surface area (Å²) in [6, 6.07) is -0.833. The molecule has 0 saturated carbocycles. The van der Waals surface area contributed by atoms with Crippen molar-refractivity contribution in [2.24, 2.45) is 11.5 Å². The van der Waals surface area contributed by atoms with Gasteiger partial charge in [0.25, 0.3) is 0 Å². The van der Waals surface area contributed by atoms with Crippen LogP contribution < -0.4 is 11.5 Å². The molecular formula is C3H8N2OPt. The molecule has 0 bridgehead atoms. The van der Waals surface area contributed by atoms with Gasteiger partial charge in [0, 0.05) is 0 Å². The van der Waals surface area contributed by atoms with Crippen LogP contribution in [0.1, 0.15) is 0 Å². The van der Waals surface area contributed by atoms with Crippen LogP contribution in [0.5, 0.6) is 0 Å². The molecule has 4 heteroatoms. The van der Waals surface area contributed by atoms with Crippen LogP contribution in [-0.4, -0.2) is 6.03 Å². The minimum absolute atomic E-state index is 0.833. The van der Waals surface area contributed by atoms with E-state index in [-0.39, 0.29) is 0 Å². The van der Waals surface area contributed by atoms with Gasteiger partial charge < -0.3 is 11.5 Å². The van der Waals surface area contributed by atoms with Gasteiger partial charge in [-0.2, -0.15) is 0 Å². The third kappa shape index (κ3) is 102. The van der Waals surface area contributed by atoms with Crippen LogP contribution in [0.4, 0.5) is 4.79 Å². The number of nitrogens with two attached hydrogens (primary N) is 2. The maximum atomic E-state index is 9.00. The van der Waals surface area contributed by atoms with E-state index in [4.69, 9.17) is 4.79 Å². The van der Waals surface area contributed by atoms with Gasteiger partial charge in [-0.15, -0.1) is 0 Å². The summed E-state index contributed by atoms with van der Waals surface area (Å²) >= 11 is 0.833. The Bertz CT molecular complexity index is 57.2. The maximum absolute atomic E-state index is 9.00. The van der Waals surface area contributed by atoms with Crippen molar-refractivity contribution in [1.82, 2.24) is 0 Å². The number of hydrogen-bond acceptors (Lipinski definition) is 1. The van der Waals surface area contributed by atoms with Crippen LogP contribution in [0.2, 0.25) is 9.62 Å². The van der Waals surface area contributed by atoms with Crippen molar-refractivity contribution in [2.45, 2.75) is 9.62 Å². The molecule has 0 aliphatic carbocycles. The molecule has 0 aromatic carbocycles. The summed E-state index contributed by atoms with van der Waals surface area (Å²) < 4.78 is 0. The summed E-state index contributed by atoms with van der Waals surface area (Å²) in [4.78, 5) is 12.2. The second kappa shape index (κ2) is 4.13. The van der Waals surface area contributed by atoms with Gasteiger partial charge in [-0.05, 0) is 0 Å². The molecule has 1 rings (SSSR count). The van der Waals surface area contributed by atoms with Gasteiger partial charge in [0.15, 0.2) is 0 Å². The molecule has 0 aromatic rings. The molecule has 0 atom stereocenters. The summed E-state index contributed by atoms with van der Waals surface area (Å²) in [7, 11) is 0. The van der Waals surface area contributed by atoms with E-state index in [2.05, 4.69) is 11.5 Å². The van der Waals surface area contributed by atoms with E-state index >= 15 is 0 Å². The SMILES string of the molecule is NC(N)=O.[CH2]1[CH2][Pt]1. The van der Waals surface area contributed by atoms with E-state index < -0.39 is 6.03 Å². The first kappa shape index (κ1) is 6.96. The number of hydrogen-bond donors (Lipinski definition) is 2. The summed E-state index contributed by atoms with van der Waals surface area (Å²) in [6.07, 6.45) is 0. The van der Waals surface area contributed by atoms with Crippen LogP contribution in [0.3, 0.4) is 0 Å². The fourth-order valence-electron chi connectivity index (χ4n) is 0. The fourth-order valence-corrected chi connectivity index (χ4v) is 0. The van der Waals surface area contributed by atoms with Crippen LogP contribution >= 0.6 is 0 Å². The molecule has 1 aliphatic rings. The zero-order valence-electron chi connectivity index (χ0n) is 3.79. The zero-order chi connectivity index (χ0) is 5.70. The Balaban J connectivity index is 0.000000105. The van der Waals surface area contributed by atoms with Crippen LogP contribution in [-0.2, 0) is 18.6 Å². The van der Waals surface area contributed by atoms with E-state index in [1.54, 1.807) is 9.62 Å². The minimum atomic E-state index is -0.833. The molecule has 0 radical (unpaired) electrons. The monoisotopic (exact) mass is 283 g/mol. The first-order valence-electron chi connectivity index (χ1n) is 1.73. The molecule has 3 nitrogen and oxygen atoms in total. The molecule has 1 heterocycles. The molecule has 1 aliphatic heterocycles. The van der Waals surface area contributed by atoms with Crippen LogP contribution in [0.25, 0.3) is 0 Å². The second-order valence-corrected chi connectivity index (χ2v) is 4.29. The summed E-state index contributed by atoms with van der Waals surface area (Å²) in [6.45, 7) is 0. The van der Waals surface area contributed by atoms with E-state index in [0.29, 0.717) is 0 Å². The van der Waals surface area contributed by atoms with Gasteiger partial charge in [0.05, 0.1) is 0 Å². The third-order valence-electron chi connectivity index (χ3n) is 0.158. The number of rotatable bonds is 0. The Hall–Kier alpha value is -0.0417. The Morgan fingerprint density at radius 3 is 1.57 bits per heavy atom. The first-order chi connectivity index (χ1) is 3.23. The average Bonchev–Trinajstić information content (AvgIpc) is 2.02. The van der Waals surface area contributed by atoms with E-state index in [1.165, 1.54) is 0 Å². The summed E-state index contributed by atoms with van der Waals surface area (Å²) in [5, 5.41) is 0. The normalized spacial score (nSPS) is 14.9. The second-order valence-electron chi connectivity index (χ2n) is 0.877. The number of amides is 2. The van der Waals surface area contributed by atoms with Gasteiger partial charge in [-0.1, -0.05) is 0 Å². The number of urea groups is 1. The average molecular weight is 283 g/mol. The molecule has 7 heavy (non-hydrogen) atoms. The van der Waals surface area contributed by atoms with Gasteiger partial charge in [-0.3, -0.25) is 0 Å². The van der Waals surface area contributed by atoms with Crippen molar-refractivity contribution in [3.05, 3.63) is 0 Å². The predicted octanol–water partition coefficient (Wildman–Crippen LogP) is -0.0571. The van der Waals surface area contributed by atoms with Gasteiger partial charge in [0.1, 0.15) is 0 Å². The summed E-state index contributed by atoms with van der Waals surface area (Å²) in [5.74, 6) is 0. The fraction of sp³-hybridized carbons (Fsp3) is 0.667. The van der Waals surface area contributed by atoms with E-state index in [0.717, 1.165) is 18.6 Å². The molecule has 0 spiro atoms. The summed E-state index contributed by atoms with van der Waals surface area (Å²) in [5.41, 5.74) is 8.50. The molecule has 2 amide bonds. The molecule has 46 valence electrons. The Morgan fingerprint density at radius 2 is 1.57 bits per heavy atom.